The second kappa shape index (κ2) is 9.14. The maximum Gasteiger partial charge on any atom is 0.102 e. The first-order chi connectivity index (χ1) is 14.8. The average Bonchev–Trinajstić information content (AvgIpc) is 2.93. The molecule has 4 heteroatoms. The van der Waals surface area contributed by atoms with Crippen LogP contribution in [0.25, 0.3) is 21.8 Å². The number of para-hydroxylation sites is 2. The number of rotatable bonds is 4. The molecule has 3 aromatic rings. The molecule has 1 N–H and O–H groups in total. The van der Waals surface area contributed by atoms with Crippen LogP contribution in [0.15, 0.2) is 89.1 Å². The number of allylic oxidation sites excluding steroid dienone is 3. The van der Waals surface area contributed by atoms with Crippen molar-refractivity contribution in [1.29, 1.82) is 0 Å². The van der Waals surface area contributed by atoms with Crippen molar-refractivity contribution in [2.75, 3.05) is 20.2 Å². The van der Waals surface area contributed by atoms with Gasteiger partial charge in [-0.15, -0.1) is 0 Å². The lowest BCUT2D eigenvalue weighted by atomic mass is 10.1. The Morgan fingerprint density at radius 1 is 0.900 bits per heavy atom. The number of fused-ring (bicyclic) bond motifs is 3. The number of hydrogen-bond donors (Lipinski definition) is 1. The fourth-order valence-electron chi connectivity index (χ4n) is 4.41. The van der Waals surface area contributed by atoms with Crippen LogP contribution in [0.2, 0.25) is 0 Å². The van der Waals surface area contributed by atoms with Gasteiger partial charge in [-0.3, -0.25) is 0 Å². The molecule has 0 saturated heterocycles. The molecular formula is C26H29N3O. The first kappa shape index (κ1) is 20.2. The molecule has 0 radical (unpaired) electrons. The monoisotopic (exact) mass is 399 g/mol. The average molecular weight is 400 g/mol. The zero-order valence-electron chi connectivity index (χ0n) is 17.8. The summed E-state index contributed by atoms with van der Waals surface area (Å²) in [7, 11) is 1.00. The van der Waals surface area contributed by atoms with Crippen molar-refractivity contribution in [2.45, 2.75) is 26.3 Å². The molecule has 1 aliphatic heterocycles. The minimum Gasteiger partial charge on any atom is -0.400 e. The highest BCUT2D eigenvalue weighted by Gasteiger charge is 2.18. The molecule has 0 amide bonds. The Morgan fingerprint density at radius 3 is 2.27 bits per heavy atom. The van der Waals surface area contributed by atoms with E-state index in [2.05, 4.69) is 89.2 Å². The molecule has 0 bridgehead atoms. The Balaban J connectivity index is 0.00000106. The van der Waals surface area contributed by atoms with E-state index < -0.39 is 0 Å². The third-order valence-corrected chi connectivity index (χ3v) is 5.83. The van der Waals surface area contributed by atoms with Gasteiger partial charge in [-0.05, 0) is 31.1 Å². The molecule has 2 heterocycles. The molecule has 1 aliphatic carbocycles. The molecule has 0 fully saturated rings. The van der Waals surface area contributed by atoms with Crippen molar-refractivity contribution >= 4 is 27.6 Å². The number of aliphatic imine (C=N–C) groups is 1. The van der Waals surface area contributed by atoms with Gasteiger partial charge in [0, 0.05) is 55.0 Å². The molecule has 2 aliphatic rings. The van der Waals surface area contributed by atoms with Gasteiger partial charge < -0.3 is 14.6 Å². The first-order valence-corrected chi connectivity index (χ1v) is 10.6. The minimum absolute atomic E-state index is 0.939. The topological polar surface area (TPSA) is 40.8 Å². The van der Waals surface area contributed by atoms with Crippen LogP contribution in [0.3, 0.4) is 0 Å². The van der Waals surface area contributed by atoms with E-state index in [4.69, 9.17) is 10.1 Å². The van der Waals surface area contributed by atoms with Crippen molar-refractivity contribution in [1.82, 2.24) is 9.47 Å². The van der Waals surface area contributed by atoms with Crippen LogP contribution in [-0.2, 0) is 6.54 Å². The molecule has 5 rings (SSSR count). The Labute approximate surface area is 178 Å². The number of aliphatic hydroxyl groups excluding tert-OH is 1. The molecule has 4 nitrogen and oxygen atoms in total. The van der Waals surface area contributed by atoms with Gasteiger partial charge in [0.15, 0.2) is 0 Å². The third-order valence-electron chi connectivity index (χ3n) is 5.83. The molecule has 0 spiro atoms. The van der Waals surface area contributed by atoms with Crippen molar-refractivity contribution in [2.24, 2.45) is 4.99 Å². The highest BCUT2D eigenvalue weighted by Crippen LogP contribution is 2.29. The number of benzene rings is 2. The smallest absolute Gasteiger partial charge is 0.102 e. The van der Waals surface area contributed by atoms with Gasteiger partial charge in [-0.2, -0.15) is 0 Å². The highest BCUT2D eigenvalue weighted by molar-refractivity contribution is 6.07. The Hall–Kier alpha value is -3.11. The van der Waals surface area contributed by atoms with E-state index in [1.807, 2.05) is 0 Å². The maximum atomic E-state index is 7.00. The van der Waals surface area contributed by atoms with Crippen molar-refractivity contribution in [3.05, 3.63) is 84.1 Å². The number of amidine groups is 1. The van der Waals surface area contributed by atoms with Crippen LogP contribution < -0.4 is 0 Å². The number of aliphatic hydroxyl groups is 1. The summed E-state index contributed by atoms with van der Waals surface area (Å²) in [5, 5.41) is 9.69. The molecule has 0 atom stereocenters. The normalized spacial score (nSPS) is 15.7. The summed E-state index contributed by atoms with van der Waals surface area (Å²) in [5.74, 6) is 1.14. The molecule has 30 heavy (non-hydrogen) atoms. The SMILES string of the molecule is CC1=NC2=C(C=CC=CC2)CN1CCCn1c2ccccc2c2ccccc21.CO. The second-order valence-corrected chi connectivity index (χ2v) is 7.58. The molecule has 0 saturated carbocycles. The van der Waals surface area contributed by atoms with Gasteiger partial charge in [0.25, 0.3) is 0 Å². The van der Waals surface area contributed by atoms with Gasteiger partial charge in [-0.25, -0.2) is 4.99 Å². The second-order valence-electron chi connectivity index (χ2n) is 7.58. The fraction of sp³-hybridized carbons (Fsp3) is 0.269. The summed E-state index contributed by atoms with van der Waals surface area (Å²) < 4.78 is 2.47. The zero-order valence-corrected chi connectivity index (χ0v) is 17.8. The summed E-state index contributed by atoms with van der Waals surface area (Å²) in [5.41, 5.74) is 5.24. The van der Waals surface area contributed by atoms with E-state index in [0.29, 0.717) is 0 Å². The maximum absolute atomic E-state index is 7.00. The van der Waals surface area contributed by atoms with E-state index in [9.17, 15) is 0 Å². The Morgan fingerprint density at radius 2 is 1.57 bits per heavy atom. The van der Waals surface area contributed by atoms with E-state index in [1.54, 1.807) is 0 Å². The standard InChI is InChI=1S/C25H25N3.CH4O/c1-19-26-23-13-4-2-3-10-20(23)18-27(19)16-9-17-28-24-14-7-5-11-21(24)22-12-6-8-15-25(22)28;1-2/h2-8,10-12,14-15H,9,13,16-18H2,1H3;2H,1H3. The van der Waals surface area contributed by atoms with Crippen molar-refractivity contribution in [3.8, 4) is 0 Å². The third kappa shape index (κ3) is 3.83. The van der Waals surface area contributed by atoms with Gasteiger partial charge in [-0.1, -0.05) is 60.7 Å². The van der Waals surface area contributed by atoms with Crippen LogP contribution in [-0.4, -0.2) is 40.6 Å². The number of nitrogens with zero attached hydrogens (tertiary/aromatic N) is 3. The minimum atomic E-state index is 0.939. The molecule has 0 unspecified atom stereocenters. The van der Waals surface area contributed by atoms with E-state index in [1.165, 1.54) is 33.1 Å². The largest absolute Gasteiger partial charge is 0.400 e. The summed E-state index contributed by atoms with van der Waals surface area (Å²) in [6, 6.07) is 17.5. The predicted octanol–water partition coefficient (Wildman–Crippen LogP) is 5.30. The highest BCUT2D eigenvalue weighted by atomic mass is 16.2. The Bertz CT molecular complexity index is 1110. The fourth-order valence-corrected chi connectivity index (χ4v) is 4.41. The molecular weight excluding hydrogens is 370 g/mol. The van der Waals surface area contributed by atoms with Crippen LogP contribution in [0.4, 0.5) is 0 Å². The van der Waals surface area contributed by atoms with Gasteiger partial charge in [0.1, 0.15) is 5.84 Å². The summed E-state index contributed by atoms with van der Waals surface area (Å²) in [6.45, 7) is 5.15. The lowest BCUT2D eigenvalue weighted by Gasteiger charge is -2.29. The summed E-state index contributed by atoms with van der Waals surface area (Å²) in [6.07, 6.45) is 10.7. The predicted molar refractivity (Wildman–Crippen MR) is 127 cm³/mol. The molecule has 1 aromatic heterocycles. The van der Waals surface area contributed by atoms with Gasteiger partial charge in [0.05, 0.1) is 5.70 Å². The molecule has 154 valence electrons. The van der Waals surface area contributed by atoms with Crippen molar-refractivity contribution in [3.63, 3.8) is 0 Å². The van der Waals surface area contributed by atoms with E-state index >= 15 is 0 Å². The van der Waals surface area contributed by atoms with Crippen LogP contribution in [0.5, 0.6) is 0 Å². The number of aryl methyl sites for hydroxylation is 1. The van der Waals surface area contributed by atoms with E-state index in [-0.39, 0.29) is 0 Å². The van der Waals surface area contributed by atoms with Gasteiger partial charge >= 0.3 is 0 Å². The quantitative estimate of drug-likeness (QED) is 0.647. The van der Waals surface area contributed by atoms with Crippen LogP contribution in [0.1, 0.15) is 19.8 Å². The first-order valence-electron chi connectivity index (χ1n) is 10.6. The lowest BCUT2D eigenvalue weighted by Crippen LogP contribution is -2.35. The molecule has 2 aromatic carbocycles. The van der Waals surface area contributed by atoms with Crippen molar-refractivity contribution < 1.29 is 5.11 Å². The van der Waals surface area contributed by atoms with E-state index in [0.717, 1.165) is 45.4 Å². The van der Waals surface area contributed by atoms with Crippen LogP contribution in [0, 0.1) is 0 Å². The summed E-state index contributed by atoms with van der Waals surface area (Å²) in [4.78, 5) is 7.29. The lowest BCUT2D eigenvalue weighted by molar-refractivity contribution is 0.399. The van der Waals surface area contributed by atoms with Crippen LogP contribution >= 0.6 is 0 Å². The Kier molecular flexibility index (Phi) is 6.15. The summed E-state index contributed by atoms with van der Waals surface area (Å²) >= 11 is 0. The zero-order chi connectivity index (χ0) is 20.9. The number of aromatic nitrogens is 1. The number of hydrogen-bond acceptors (Lipinski definition) is 3. The van der Waals surface area contributed by atoms with Gasteiger partial charge in [0.2, 0.25) is 0 Å².